The van der Waals surface area contributed by atoms with E-state index in [9.17, 15) is 4.79 Å². The van der Waals surface area contributed by atoms with Crippen molar-refractivity contribution in [2.75, 3.05) is 39.3 Å². The summed E-state index contributed by atoms with van der Waals surface area (Å²) in [6.07, 6.45) is 0. The zero-order chi connectivity index (χ0) is 12.0. The van der Waals surface area contributed by atoms with Crippen LogP contribution in [0.15, 0.2) is 0 Å². The van der Waals surface area contributed by atoms with Gasteiger partial charge in [-0.05, 0) is 6.54 Å². The summed E-state index contributed by atoms with van der Waals surface area (Å²) in [6.45, 7) is 11.9. The van der Waals surface area contributed by atoms with Crippen molar-refractivity contribution < 1.29 is 4.79 Å². The first-order valence-electron chi connectivity index (χ1n) is 6.35. The molecule has 1 rings (SSSR count). The van der Waals surface area contributed by atoms with E-state index in [2.05, 4.69) is 22.5 Å². The standard InChI is InChI=1S/C12H25N3O/c1-4-14-11(12(16)10(2)3)9-15-7-5-13-6-8-15/h10-11,13-14H,4-9H2,1-3H3. The fraction of sp³-hybridized carbons (Fsp3) is 0.917. The Kier molecular flexibility index (Phi) is 5.95. The van der Waals surface area contributed by atoms with Crippen LogP contribution in [0.4, 0.5) is 0 Å². The van der Waals surface area contributed by atoms with Crippen LogP contribution >= 0.6 is 0 Å². The first-order valence-corrected chi connectivity index (χ1v) is 6.35. The van der Waals surface area contributed by atoms with Crippen LogP contribution in [-0.4, -0.2) is 56.0 Å². The molecule has 4 nitrogen and oxygen atoms in total. The van der Waals surface area contributed by atoms with Gasteiger partial charge in [-0.3, -0.25) is 9.69 Å². The van der Waals surface area contributed by atoms with Crippen LogP contribution in [0.5, 0.6) is 0 Å². The molecule has 16 heavy (non-hydrogen) atoms. The lowest BCUT2D eigenvalue weighted by Gasteiger charge is -2.31. The predicted octanol–water partition coefficient (Wildman–Crippen LogP) is 0.0948. The summed E-state index contributed by atoms with van der Waals surface area (Å²) in [5.74, 6) is 0.451. The van der Waals surface area contributed by atoms with Crippen LogP contribution < -0.4 is 10.6 Å². The van der Waals surface area contributed by atoms with Gasteiger partial charge in [0.1, 0.15) is 0 Å². The molecule has 0 aromatic carbocycles. The van der Waals surface area contributed by atoms with E-state index < -0.39 is 0 Å². The van der Waals surface area contributed by atoms with Crippen molar-refractivity contribution in [3.63, 3.8) is 0 Å². The van der Waals surface area contributed by atoms with Crippen molar-refractivity contribution in [2.24, 2.45) is 5.92 Å². The Labute approximate surface area is 98.8 Å². The van der Waals surface area contributed by atoms with E-state index in [1.54, 1.807) is 0 Å². The Morgan fingerprint density at radius 2 is 2.00 bits per heavy atom. The summed E-state index contributed by atoms with van der Waals surface area (Å²) in [5.41, 5.74) is 0. The van der Waals surface area contributed by atoms with Crippen molar-refractivity contribution in [1.82, 2.24) is 15.5 Å². The number of carbonyl (C=O) groups is 1. The third-order valence-corrected chi connectivity index (χ3v) is 3.01. The topological polar surface area (TPSA) is 44.4 Å². The second kappa shape index (κ2) is 6.99. The van der Waals surface area contributed by atoms with Gasteiger partial charge in [0.15, 0.2) is 5.78 Å². The lowest BCUT2D eigenvalue weighted by atomic mass is 10.0. The average molecular weight is 227 g/mol. The quantitative estimate of drug-likeness (QED) is 0.675. The molecule has 0 bridgehead atoms. The number of likely N-dealkylation sites (N-methyl/N-ethyl adjacent to an activating group) is 1. The third kappa shape index (κ3) is 4.20. The van der Waals surface area contributed by atoms with Gasteiger partial charge in [-0.2, -0.15) is 0 Å². The number of carbonyl (C=O) groups excluding carboxylic acids is 1. The van der Waals surface area contributed by atoms with Gasteiger partial charge in [0, 0.05) is 38.6 Å². The molecule has 1 atom stereocenters. The predicted molar refractivity (Wildman–Crippen MR) is 66.6 cm³/mol. The van der Waals surface area contributed by atoms with Gasteiger partial charge in [0.05, 0.1) is 6.04 Å². The van der Waals surface area contributed by atoms with Crippen LogP contribution in [0.2, 0.25) is 0 Å². The number of Topliss-reactive ketones (excluding diaryl/α,β-unsaturated/α-hetero) is 1. The van der Waals surface area contributed by atoms with Gasteiger partial charge in [0.25, 0.3) is 0 Å². The van der Waals surface area contributed by atoms with Crippen molar-refractivity contribution in [1.29, 1.82) is 0 Å². The summed E-state index contributed by atoms with van der Waals surface area (Å²) in [6, 6.07) is 0.00287. The molecule has 0 spiro atoms. The van der Waals surface area contributed by atoms with Gasteiger partial charge >= 0.3 is 0 Å². The number of nitrogens with zero attached hydrogens (tertiary/aromatic N) is 1. The van der Waals surface area contributed by atoms with Gasteiger partial charge in [-0.15, -0.1) is 0 Å². The maximum absolute atomic E-state index is 12.0. The number of ketones is 1. The molecule has 1 aliphatic heterocycles. The largest absolute Gasteiger partial charge is 0.314 e. The maximum Gasteiger partial charge on any atom is 0.153 e. The molecule has 0 aromatic heterocycles. The molecule has 4 heteroatoms. The normalized spacial score (nSPS) is 20.0. The summed E-state index contributed by atoms with van der Waals surface area (Å²) in [5, 5.41) is 6.62. The van der Waals surface area contributed by atoms with E-state index in [0.717, 1.165) is 39.3 Å². The second-order valence-corrected chi connectivity index (χ2v) is 4.72. The van der Waals surface area contributed by atoms with E-state index in [1.807, 2.05) is 13.8 Å². The summed E-state index contributed by atoms with van der Waals surface area (Å²) >= 11 is 0. The number of hydrogen-bond acceptors (Lipinski definition) is 4. The van der Waals surface area contributed by atoms with E-state index >= 15 is 0 Å². The Balaban J connectivity index is 2.45. The fourth-order valence-corrected chi connectivity index (χ4v) is 2.06. The molecular formula is C12H25N3O. The molecule has 0 radical (unpaired) electrons. The summed E-state index contributed by atoms with van der Waals surface area (Å²) in [4.78, 5) is 14.4. The van der Waals surface area contributed by atoms with Crippen LogP contribution in [0, 0.1) is 5.92 Å². The Bertz CT molecular complexity index is 212. The Hall–Kier alpha value is -0.450. The maximum atomic E-state index is 12.0. The van der Waals surface area contributed by atoms with E-state index in [4.69, 9.17) is 0 Å². The second-order valence-electron chi connectivity index (χ2n) is 4.72. The molecule has 1 aliphatic rings. The lowest BCUT2D eigenvalue weighted by molar-refractivity contribution is -0.124. The molecule has 0 aliphatic carbocycles. The fourth-order valence-electron chi connectivity index (χ4n) is 2.06. The Morgan fingerprint density at radius 3 is 2.50 bits per heavy atom. The van der Waals surface area contributed by atoms with Crippen LogP contribution in [-0.2, 0) is 4.79 Å². The molecule has 1 heterocycles. The SMILES string of the molecule is CCNC(CN1CCNCC1)C(=O)C(C)C. The number of piperazine rings is 1. The number of hydrogen-bond donors (Lipinski definition) is 2. The smallest absolute Gasteiger partial charge is 0.153 e. The molecule has 1 fully saturated rings. The van der Waals surface area contributed by atoms with Gasteiger partial charge < -0.3 is 10.6 Å². The molecule has 0 saturated carbocycles. The average Bonchev–Trinajstić information content (AvgIpc) is 2.29. The first kappa shape index (κ1) is 13.6. The molecule has 1 saturated heterocycles. The number of rotatable bonds is 6. The minimum Gasteiger partial charge on any atom is -0.314 e. The van der Waals surface area contributed by atoms with Crippen LogP contribution in [0.1, 0.15) is 20.8 Å². The lowest BCUT2D eigenvalue weighted by Crippen LogP contribution is -2.52. The van der Waals surface area contributed by atoms with Crippen molar-refractivity contribution in [2.45, 2.75) is 26.8 Å². The van der Waals surface area contributed by atoms with Crippen molar-refractivity contribution >= 4 is 5.78 Å². The monoisotopic (exact) mass is 227 g/mol. The Morgan fingerprint density at radius 1 is 1.38 bits per heavy atom. The molecule has 94 valence electrons. The summed E-state index contributed by atoms with van der Waals surface area (Å²) in [7, 11) is 0. The molecule has 1 unspecified atom stereocenters. The highest BCUT2D eigenvalue weighted by atomic mass is 16.1. The minimum absolute atomic E-state index is 0.00287. The molecular weight excluding hydrogens is 202 g/mol. The van der Waals surface area contributed by atoms with Gasteiger partial charge in [-0.1, -0.05) is 20.8 Å². The minimum atomic E-state index is 0.00287. The zero-order valence-corrected chi connectivity index (χ0v) is 10.8. The van der Waals surface area contributed by atoms with Gasteiger partial charge in [-0.25, -0.2) is 0 Å². The highest BCUT2D eigenvalue weighted by Gasteiger charge is 2.23. The molecule has 0 aromatic rings. The van der Waals surface area contributed by atoms with Crippen molar-refractivity contribution in [3.8, 4) is 0 Å². The van der Waals surface area contributed by atoms with E-state index in [0.29, 0.717) is 5.78 Å². The highest BCUT2D eigenvalue weighted by molar-refractivity contribution is 5.85. The van der Waals surface area contributed by atoms with Crippen LogP contribution in [0.25, 0.3) is 0 Å². The van der Waals surface area contributed by atoms with Crippen LogP contribution in [0.3, 0.4) is 0 Å². The van der Waals surface area contributed by atoms with Crippen molar-refractivity contribution in [3.05, 3.63) is 0 Å². The zero-order valence-electron chi connectivity index (χ0n) is 10.8. The van der Waals surface area contributed by atoms with Gasteiger partial charge in [0.2, 0.25) is 0 Å². The van der Waals surface area contributed by atoms with E-state index in [1.165, 1.54) is 0 Å². The third-order valence-electron chi connectivity index (χ3n) is 3.01. The summed E-state index contributed by atoms with van der Waals surface area (Å²) < 4.78 is 0. The molecule has 0 amide bonds. The number of nitrogens with one attached hydrogen (secondary N) is 2. The molecule has 2 N–H and O–H groups in total. The highest BCUT2D eigenvalue weighted by Crippen LogP contribution is 2.03. The first-order chi connectivity index (χ1) is 7.65. The van der Waals surface area contributed by atoms with E-state index in [-0.39, 0.29) is 12.0 Å².